The molecule has 0 bridgehead atoms. The number of hydrogen-bond donors (Lipinski definition) is 1. The third-order valence-corrected chi connectivity index (χ3v) is 5.84. The van der Waals surface area contributed by atoms with Gasteiger partial charge in [0.1, 0.15) is 17.3 Å². The Labute approximate surface area is 177 Å². The average Bonchev–Trinajstić information content (AvgIpc) is 3.17. The summed E-state index contributed by atoms with van der Waals surface area (Å²) in [5.41, 5.74) is 2.44. The van der Waals surface area contributed by atoms with Gasteiger partial charge in [0.15, 0.2) is 5.65 Å². The van der Waals surface area contributed by atoms with E-state index in [0.717, 1.165) is 54.3 Å². The number of piperidine rings is 1. The van der Waals surface area contributed by atoms with Gasteiger partial charge in [0.25, 0.3) is 0 Å². The van der Waals surface area contributed by atoms with Gasteiger partial charge in [0, 0.05) is 43.5 Å². The minimum atomic E-state index is 0.225. The number of imidazole rings is 1. The second kappa shape index (κ2) is 9.15. The molecule has 1 fully saturated rings. The number of nitrogens with one attached hydrogen (secondary N) is 1. The summed E-state index contributed by atoms with van der Waals surface area (Å²) in [6, 6.07) is 8.20. The fourth-order valence-corrected chi connectivity index (χ4v) is 4.29. The van der Waals surface area contributed by atoms with Gasteiger partial charge in [0.2, 0.25) is 5.91 Å². The summed E-state index contributed by atoms with van der Waals surface area (Å²) in [6.45, 7) is 3.59. The summed E-state index contributed by atoms with van der Waals surface area (Å²) in [5, 5.41) is 3.46. The molecule has 3 heterocycles. The van der Waals surface area contributed by atoms with Gasteiger partial charge >= 0.3 is 0 Å². The summed E-state index contributed by atoms with van der Waals surface area (Å²) >= 11 is 0. The molecule has 30 heavy (non-hydrogen) atoms. The molecule has 1 amide bonds. The highest BCUT2D eigenvalue weighted by Gasteiger charge is 2.25. The van der Waals surface area contributed by atoms with Crippen molar-refractivity contribution in [2.75, 3.05) is 25.5 Å². The van der Waals surface area contributed by atoms with E-state index in [4.69, 9.17) is 9.72 Å². The predicted molar refractivity (Wildman–Crippen MR) is 118 cm³/mol. The Balaban J connectivity index is 1.56. The van der Waals surface area contributed by atoms with Crippen molar-refractivity contribution >= 4 is 17.4 Å². The summed E-state index contributed by atoms with van der Waals surface area (Å²) in [5.74, 6) is 1.82. The number of likely N-dealkylation sites (tertiary alicyclic amines) is 1. The molecule has 0 spiro atoms. The Morgan fingerprint density at radius 2 is 2.17 bits per heavy atom. The smallest absolute Gasteiger partial charge is 0.224 e. The summed E-state index contributed by atoms with van der Waals surface area (Å²) in [6.07, 6.45) is 10.3. The first-order chi connectivity index (χ1) is 14.7. The van der Waals surface area contributed by atoms with Crippen LogP contribution in [0, 0.1) is 0 Å². The summed E-state index contributed by atoms with van der Waals surface area (Å²) in [4.78, 5) is 23.9. The number of para-hydroxylation sites is 1. The number of benzene rings is 1. The van der Waals surface area contributed by atoms with Gasteiger partial charge in [-0.2, -0.15) is 0 Å². The molecule has 1 N–H and O–H groups in total. The lowest BCUT2D eigenvalue weighted by Crippen LogP contribution is -2.43. The number of rotatable bonds is 7. The van der Waals surface area contributed by atoms with E-state index in [1.54, 1.807) is 19.5 Å². The molecular weight excluding hydrogens is 378 g/mol. The Bertz CT molecular complexity index is 1020. The molecule has 1 aromatic carbocycles. The van der Waals surface area contributed by atoms with E-state index < -0.39 is 0 Å². The SMILES string of the molecule is CC[C@H]1CCCCN1C(=O)CCNc1c(-c2ccccc2OC)nc2cnccn12. The third kappa shape index (κ3) is 3.97. The van der Waals surface area contributed by atoms with E-state index in [1.165, 1.54) is 6.42 Å². The zero-order chi connectivity index (χ0) is 20.9. The molecular formula is C23H29N5O2. The first kappa shape index (κ1) is 20.2. The maximum atomic E-state index is 12.8. The van der Waals surface area contributed by atoms with Crippen LogP contribution in [0.25, 0.3) is 16.9 Å². The molecule has 4 rings (SSSR count). The van der Waals surface area contributed by atoms with Gasteiger partial charge in [-0.1, -0.05) is 19.1 Å². The number of nitrogens with zero attached hydrogens (tertiary/aromatic N) is 4. The van der Waals surface area contributed by atoms with Crippen LogP contribution in [0.2, 0.25) is 0 Å². The normalized spacial score (nSPS) is 16.6. The second-order valence-electron chi connectivity index (χ2n) is 7.64. The van der Waals surface area contributed by atoms with Crippen molar-refractivity contribution in [3.05, 3.63) is 42.9 Å². The first-order valence-electron chi connectivity index (χ1n) is 10.7. The van der Waals surface area contributed by atoms with Gasteiger partial charge < -0.3 is 15.0 Å². The zero-order valence-corrected chi connectivity index (χ0v) is 17.7. The van der Waals surface area contributed by atoms with Gasteiger partial charge in [-0.15, -0.1) is 0 Å². The molecule has 0 aliphatic carbocycles. The molecule has 1 saturated heterocycles. The molecule has 1 atom stereocenters. The molecule has 2 aromatic heterocycles. The van der Waals surface area contributed by atoms with Crippen LogP contribution in [0.15, 0.2) is 42.9 Å². The van der Waals surface area contributed by atoms with Crippen LogP contribution in [-0.2, 0) is 4.79 Å². The van der Waals surface area contributed by atoms with Crippen molar-refractivity contribution in [3.8, 4) is 17.0 Å². The fraction of sp³-hybridized carbons (Fsp3) is 0.435. The topological polar surface area (TPSA) is 71.8 Å². The maximum Gasteiger partial charge on any atom is 0.224 e. The van der Waals surface area contributed by atoms with Crippen LogP contribution in [0.1, 0.15) is 39.0 Å². The molecule has 0 unspecified atom stereocenters. The number of hydrogen-bond acceptors (Lipinski definition) is 5. The van der Waals surface area contributed by atoms with Crippen LogP contribution in [0.4, 0.5) is 5.82 Å². The van der Waals surface area contributed by atoms with E-state index in [9.17, 15) is 4.79 Å². The zero-order valence-electron chi connectivity index (χ0n) is 17.7. The van der Waals surface area contributed by atoms with E-state index in [0.29, 0.717) is 19.0 Å². The van der Waals surface area contributed by atoms with Crippen LogP contribution in [0.3, 0.4) is 0 Å². The van der Waals surface area contributed by atoms with Gasteiger partial charge in [0.05, 0.1) is 13.3 Å². The van der Waals surface area contributed by atoms with Crippen molar-refractivity contribution in [2.24, 2.45) is 0 Å². The van der Waals surface area contributed by atoms with E-state index in [2.05, 4.69) is 22.1 Å². The molecule has 7 nitrogen and oxygen atoms in total. The number of amides is 1. The highest BCUT2D eigenvalue weighted by molar-refractivity contribution is 5.81. The Hall–Kier alpha value is -3.09. The number of methoxy groups -OCH3 is 1. The second-order valence-corrected chi connectivity index (χ2v) is 7.64. The number of fused-ring (bicyclic) bond motifs is 1. The third-order valence-electron chi connectivity index (χ3n) is 5.84. The molecule has 0 saturated carbocycles. The van der Waals surface area contributed by atoms with Crippen molar-refractivity contribution in [3.63, 3.8) is 0 Å². The molecule has 1 aliphatic heterocycles. The average molecular weight is 408 g/mol. The highest BCUT2D eigenvalue weighted by atomic mass is 16.5. The minimum absolute atomic E-state index is 0.225. The Kier molecular flexibility index (Phi) is 6.16. The van der Waals surface area contributed by atoms with Gasteiger partial charge in [-0.25, -0.2) is 4.98 Å². The van der Waals surface area contributed by atoms with Crippen molar-refractivity contribution in [2.45, 2.75) is 45.1 Å². The standard InChI is InChI=1S/C23H29N5O2/c1-3-17-8-6-7-14-27(17)21(29)11-12-25-23-22(18-9-4-5-10-19(18)30-2)26-20-16-24-13-15-28(20)23/h4-5,9-10,13,15-17,25H,3,6-8,11-12,14H2,1-2H3/t17-/m0/s1. The van der Waals surface area contributed by atoms with Crippen molar-refractivity contribution in [1.82, 2.24) is 19.3 Å². The van der Waals surface area contributed by atoms with E-state index >= 15 is 0 Å². The Morgan fingerprint density at radius 1 is 1.30 bits per heavy atom. The Morgan fingerprint density at radius 3 is 3.00 bits per heavy atom. The molecule has 1 aliphatic rings. The van der Waals surface area contributed by atoms with E-state index in [-0.39, 0.29) is 5.91 Å². The molecule has 3 aromatic rings. The number of anilines is 1. The molecule has 7 heteroatoms. The lowest BCUT2D eigenvalue weighted by molar-refractivity contribution is -0.134. The van der Waals surface area contributed by atoms with Gasteiger partial charge in [-0.3, -0.25) is 14.2 Å². The lowest BCUT2D eigenvalue weighted by Gasteiger charge is -2.35. The number of carbonyl (C=O) groups excluding carboxylic acids is 1. The maximum absolute atomic E-state index is 12.8. The van der Waals surface area contributed by atoms with Crippen molar-refractivity contribution in [1.29, 1.82) is 0 Å². The minimum Gasteiger partial charge on any atom is -0.496 e. The first-order valence-corrected chi connectivity index (χ1v) is 10.7. The fourth-order valence-electron chi connectivity index (χ4n) is 4.29. The molecule has 158 valence electrons. The highest BCUT2D eigenvalue weighted by Crippen LogP contribution is 2.34. The lowest BCUT2D eigenvalue weighted by atomic mass is 9.99. The number of ether oxygens (including phenoxy) is 1. The van der Waals surface area contributed by atoms with Crippen molar-refractivity contribution < 1.29 is 9.53 Å². The summed E-state index contributed by atoms with van der Waals surface area (Å²) in [7, 11) is 1.66. The van der Waals surface area contributed by atoms with Crippen LogP contribution >= 0.6 is 0 Å². The largest absolute Gasteiger partial charge is 0.496 e. The predicted octanol–water partition coefficient (Wildman–Crippen LogP) is 4.00. The number of carbonyl (C=O) groups is 1. The van der Waals surface area contributed by atoms with Crippen LogP contribution in [-0.4, -0.2) is 51.4 Å². The quantitative estimate of drug-likeness (QED) is 0.641. The number of aromatic nitrogens is 3. The monoisotopic (exact) mass is 407 g/mol. The van der Waals surface area contributed by atoms with Crippen LogP contribution < -0.4 is 10.1 Å². The van der Waals surface area contributed by atoms with Gasteiger partial charge in [-0.05, 0) is 37.8 Å². The van der Waals surface area contributed by atoms with Crippen LogP contribution in [0.5, 0.6) is 5.75 Å². The van der Waals surface area contributed by atoms with E-state index in [1.807, 2.05) is 34.9 Å². The summed E-state index contributed by atoms with van der Waals surface area (Å²) < 4.78 is 7.51. The molecule has 0 radical (unpaired) electrons.